The Labute approximate surface area is 143 Å². The van der Waals surface area contributed by atoms with E-state index in [0.29, 0.717) is 12.3 Å². The van der Waals surface area contributed by atoms with Crippen molar-refractivity contribution >= 4 is 33.6 Å². The van der Waals surface area contributed by atoms with Gasteiger partial charge in [-0.2, -0.15) is 0 Å². The van der Waals surface area contributed by atoms with E-state index in [4.69, 9.17) is 4.74 Å². The smallest absolute Gasteiger partial charge is 0.260 e. The van der Waals surface area contributed by atoms with Gasteiger partial charge in [-0.15, -0.1) is 11.8 Å². The number of thioether (sulfide) groups is 1. The fourth-order valence-electron chi connectivity index (χ4n) is 1.77. The summed E-state index contributed by atoms with van der Waals surface area (Å²) in [5.74, 6) is 1.42. The summed E-state index contributed by atoms with van der Waals surface area (Å²) in [7, 11) is 0. The van der Waals surface area contributed by atoms with Crippen molar-refractivity contribution in [1.29, 1.82) is 0 Å². The van der Waals surface area contributed by atoms with Crippen molar-refractivity contribution < 1.29 is 9.53 Å². The summed E-state index contributed by atoms with van der Waals surface area (Å²) in [6, 6.07) is 17.6. The van der Waals surface area contributed by atoms with Gasteiger partial charge in [0.25, 0.3) is 5.91 Å². The van der Waals surface area contributed by atoms with E-state index in [2.05, 4.69) is 33.4 Å². The van der Waals surface area contributed by atoms with E-state index >= 15 is 0 Å². The predicted molar refractivity (Wildman–Crippen MR) is 94.4 cm³/mol. The zero-order chi connectivity index (χ0) is 15.8. The van der Waals surface area contributed by atoms with Gasteiger partial charge < -0.3 is 10.1 Å². The Morgan fingerprint density at radius 3 is 2.55 bits per heavy atom. The van der Waals surface area contributed by atoms with Crippen LogP contribution in [0.1, 0.15) is 6.92 Å². The first-order chi connectivity index (χ1) is 10.6. The number of carbonyl (C=O) groups excluding carboxylic acids is 1. The number of ether oxygens (including phenoxy) is 1. The fourth-order valence-corrected chi connectivity index (χ4v) is 2.83. The van der Waals surface area contributed by atoms with Crippen molar-refractivity contribution in [1.82, 2.24) is 5.32 Å². The first-order valence-corrected chi connectivity index (χ1v) is 8.81. The second-order valence-corrected chi connectivity index (χ2v) is 6.75. The molecule has 0 heterocycles. The first-order valence-electron chi connectivity index (χ1n) is 7.03. The molecule has 5 heteroatoms. The Morgan fingerprint density at radius 2 is 1.86 bits per heavy atom. The van der Waals surface area contributed by atoms with Gasteiger partial charge in [0.15, 0.2) is 6.10 Å². The molecule has 1 unspecified atom stereocenters. The van der Waals surface area contributed by atoms with Crippen molar-refractivity contribution in [2.24, 2.45) is 0 Å². The number of amides is 1. The van der Waals surface area contributed by atoms with Gasteiger partial charge in [-0.1, -0.05) is 34.1 Å². The van der Waals surface area contributed by atoms with Crippen LogP contribution in [-0.2, 0) is 4.79 Å². The Morgan fingerprint density at radius 1 is 1.18 bits per heavy atom. The van der Waals surface area contributed by atoms with E-state index < -0.39 is 6.10 Å². The van der Waals surface area contributed by atoms with Gasteiger partial charge in [-0.3, -0.25) is 4.79 Å². The minimum atomic E-state index is -0.511. The standard InChI is InChI=1S/C17H18BrNO2S/c1-13(21-15-9-7-14(18)8-10-15)17(20)19-11-12-22-16-5-3-2-4-6-16/h2-10,13H,11-12H2,1H3,(H,19,20). The molecule has 0 aliphatic heterocycles. The molecule has 0 saturated heterocycles. The topological polar surface area (TPSA) is 38.3 Å². The van der Waals surface area contributed by atoms with Crippen molar-refractivity contribution in [3.8, 4) is 5.75 Å². The van der Waals surface area contributed by atoms with E-state index in [1.54, 1.807) is 18.7 Å². The van der Waals surface area contributed by atoms with E-state index in [1.165, 1.54) is 4.90 Å². The lowest BCUT2D eigenvalue weighted by Crippen LogP contribution is -2.37. The van der Waals surface area contributed by atoms with Crippen molar-refractivity contribution in [3.05, 3.63) is 59.1 Å². The lowest BCUT2D eigenvalue weighted by atomic mass is 10.3. The summed E-state index contributed by atoms with van der Waals surface area (Å²) < 4.78 is 6.59. The van der Waals surface area contributed by atoms with Crippen LogP contribution in [0.15, 0.2) is 64.0 Å². The third kappa shape index (κ3) is 5.73. The zero-order valence-corrected chi connectivity index (χ0v) is 14.7. The second-order valence-electron chi connectivity index (χ2n) is 4.67. The lowest BCUT2D eigenvalue weighted by molar-refractivity contribution is -0.127. The molecule has 0 radical (unpaired) electrons. The summed E-state index contributed by atoms with van der Waals surface area (Å²) in [5.41, 5.74) is 0. The molecule has 1 N–H and O–H groups in total. The van der Waals surface area contributed by atoms with Crippen LogP contribution in [0.25, 0.3) is 0 Å². The van der Waals surface area contributed by atoms with E-state index in [1.807, 2.05) is 42.5 Å². The monoisotopic (exact) mass is 379 g/mol. The summed E-state index contributed by atoms with van der Waals surface area (Å²) in [4.78, 5) is 13.2. The average Bonchev–Trinajstić information content (AvgIpc) is 2.54. The van der Waals surface area contributed by atoms with Gasteiger partial charge >= 0.3 is 0 Å². The molecule has 0 bridgehead atoms. The molecular formula is C17H18BrNO2S. The minimum absolute atomic E-state index is 0.100. The number of carbonyl (C=O) groups is 1. The van der Waals surface area contributed by atoms with Crippen LogP contribution in [0.5, 0.6) is 5.75 Å². The number of benzene rings is 2. The molecule has 2 aromatic carbocycles. The van der Waals surface area contributed by atoms with E-state index in [9.17, 15) is 4.79 Å². The van der Waals surface area contributed by atoms with Gasteiger partial charge in [0.05, 0.1) is 0 Å². The maximum Gasteiger partial charge on any atom is 0.260 e. The molecule has 0 aromatic heterocycles. The third-order valence-corrected chi connectivity index (χ3v) is 4.45. The number of hydrogen-bond donors (Lipinski definition) is 1. The minimum Gasteiger partial charge on any atom is -0.481 e. The summed E-state index contributed by atoms with van der Waals surface area (Å²) >= 11 is 5.08. The molecule has 1 amide bonds. The van der Waals surface area contributed by atoms with Crippen LogP contribution in [0.2, 0.25) is 0 Å². The molecule has 3 nitrogen and oxygen atoms in total. The predicted octanol–water partition coefficient (Wildman–Crippen LogP) is 4.12. The molecule has 0 aliphatic carbocycles. The lowest BCUT2D eigenvalue weighted by Gasteiger charge is -2.14. The molecule has 0 saturated carbocycles. The SMILES string of the molecule is CC(Oc1ccc(Br)cc1)C(=O)NCCSc1ccccc1. The molecule has 1 atom stereocenters. The Balaban J connectivity index is 1.69. The molecule has 116 valence electrons. The van der Waals surface area contributed by atoms with Crippen molar-refractivity contribution in [2.45, 2.75) is 17.9 Å². The third-order valence-electron chi connectivity index (χ3n) is 2.91. The molecule has 0 spiro atoms. The second kappa shape index (κ2) is 8.86. The number of rotatable bonds is 7. The summed E-state index contributed by atoms with van der Waals surface area (Å²) in [6.07, 6.45) is -0.511. The highest BCUT2D eigenvalue weighted by molar-refractivity contribution is 9.10. The van der Waals surface area contributed by atoms with Crippen LogP contribution >= 0.6 is 27.7 Å². The van der Waals surface area contributed by atoms with Gasteiger partial charge in [0, 0.05) is 21.7 Å². The fraction of sp³-hybridized carbons (Fsp3) is 0.235. The highest BCUT2D eigenvalue weighted by Crippen LogP contribution is 2.18. The Hall–Kier alpha value is -1.46. The maximum atomic E-state index is 12.0. The van der Waals surface area contributed by atoms with Crippen LogP contribution in [0.4, 0.5) is 0 Å². The quantitative estimate of drug-likeness (QED) is 0.580. The summed E-state index contributed by atoms with van der Waals surface area (Å²) in [5, 5.41) is 2.89. The summed E-state index contributed by atoms with van der Waals surface area (Å²) in [6.45, 7) is 2.37. The molecule has 2 aromatic rings. The van der Waals surface area contributed by atoms with Gasteiger partial charge in [-0.05, 0) is 43.3 Å². The largest absolute Gasteiger partial charge is 0.481 e. The maximum absolute atomic E-state index is 12.0. The van der Waals surface area contributed by atoms with E-state index in [-0.39, 0.29) is 5.91 Å². The molecular weight excluding hydrogens is 362 g/mol. The van der Waals surface area contributed by atoms with Crippen molar-refractivity contribution in [3.63, 3.8) is 0 Å². The number of halogens is 1. The van der Waals surface area contributed by atoms with Crippen LogP contribution in [0, 0.1) is 0 Å². The Bertz CT molecular complexity index is 589. The first kappa shape index (κ1) is 16.9. The van der Waals surface area contributed by atoms with Crippen LogP contribution < -0.4 is 10.1 Å². The number of hydrogen-bond acceptors (Lipinski definition) is 3. The molecule has 0 aliphatic rings. The van der Waals surface area contributed by atoms with Gasteiger partial charge in [-0.25, -0.2) is 0 Å². The Kier molecular flexibility index (Phi) is 6.80. The highest BCUT2D eigenvalue weighted by atomic mass is 79.9. The average molecular weight is 380 g/mol. The van der Waals surface area contributed by atoms with E-state index in [0.717, 1.165) is 10.2 Å². The zero-order valence-electron chi connectivity index (χ0n) is 12.3. The molecule has 22 heavy (non-hydrogen) atoms. The highest BCUT2D eigenvalue weighted by Gasteiger charge is 2.13. The van der Waals surface area contributed by atoms with Crippen molar-refractivity contribution in [2.75, 3.05) is 12.3 Å². The van der Waals surface area contributed by atoms with Crippen LogP contribution in [0.3, 0.4) is 0 Å². The molecule has 0 fully saturated rings. The normalized spacial score (nSPS) is 11.7. The number of nitrogens with one attached hydrogen (secondary N) is 1. The van der Waals surface area contributed by atoms with Gasteiger partial charge in [0.2, 0.25) is 0 Å². The molecule has 2 rings (SSSR count). The van der Waals surface area contributed by atoms with Crippen LogP contribution in [-0.4, -0.2) is 24.3 Å². The van der Waals surface area contributed by atoms with Gasteiger partial charge in [0.1, 0.15) is 5.75 Å².